The maximum absolute atomic E-state index is 12.5. The van der Waals surface area contributed by atoms with Crippen LogP contribution >= 0.6 is 11.3 Å². The molecule has 0 spiro atoms. The van der Waals surface area contributed by atoms with E-state index in [1.165, 1.54) is 0 Å². The number of hydrogen-bond donors (Lipinski definition) is 0. The highest BCUT2D eigenvalue weighted by Crippen LogP contribution is 2.24. The second-order valence-corrected chi connectivity index (χ2v) is 5.57. The molecular formula is C13H21NOS. The van der Waals surface area contributed by atoms with Crippen LogP contribution in [-0.2, 0) is 0 Å². The maximum atomic E-state index is 12.5. The predicted octanol–water partition coefficient (Wildman–Crippen LogP) is 3.36. The minimum Gasteiger partial charge on any atom is -0.292 e. The zero-order valence-corrected chi connectivity index (χ0v) is 11.6. The van der Waals surface area contributed by atoms with E-state index in [-0.39, 0.29) is 5.78 Å². The van der Waals surface area contributed by atoms with E-state index in [1.54, 1.807) is 11.3 Å². The van der Waals surface area contributed by atoms with Gasteiger partial charge in [-0.2, -0.15) is 0 Å². The summed E-state index contributed by atoms with van der Waals surface area (Å²) >= 11 is 1.64. The zero-order valence-electron chi connectivity index (χ0n) is 10.8. The van der Waals surface area contributed by atoms with Crippen LogP contribution < -0.4 is 0 Å². The number of ketones is 1. The summed E-state index contributed by atoms with van der Waals surface area (Å²) in [5.74, 6) is 0.231. The zero-order chi connectivity index (χ0) is 12.3. The Morgan fingerprint density at radius 2 is 1.94 bits per heavy atom. The van der Waals surface area contributed by atoms with Crippen molar-refractivity contribution in [3.63, 3.8) is 0 Å². The molecule has 90 valence electrons. The van der Waals surface area contributed by atoms with Gasteiger partial charge in [0.2, 0.25) is 0 Å². The second kappa shape index (κ2) is 5.11. The average molecular weight is 239 g/mol. The van der Waals surface area contributed by atoms with Gasteiger partial charge in [-0.1, -0.05) is 13.8 Å². The third kappa shape index (κ3) is 2.36. The fourth-order valence-corrected chi connectivity index (χ4v) is 2.80. The first-order valence-electron chi connectivity index (χ1n) is 5.79. The summed E-state index contributed by atoms with van der Waals surface area (Å²) in [6.45, 7) is 12.0. The number of Topliss-reactive ketones (excluding diaryl/α,β-unsaturated/α-hetero) is 1. The Bertz CT molecular complexity index is 364. The van der Waals surface area contributed by atoms with Gasteiger partial charge >= 0.3 is 0 Å². The number of nitrogens with zero attached hydrogens (tertiary/aromatic N) is 1. The largest absolute Gasteiger partial charge is 0.292 e. The van der Waals surface area contributed by atoms with Crippen LogP contribution in [0.2, 0.25) is 0 Å². The van der Waals surface area contributed by atoms with Crippen molar-refractivity contribution in [2.24, 2.45) is 0 Å². The molecule has 1 aromatic rings. The van der Waals surface area contributed by atoms with Crippen molar-refractivity contribution >= 4 is 17.1 Å². The lowest BCUT2D eigenvalue weighted by atomic mass is 9.91. The normalized spacial score (nSPS) is 12.1. The number of thiophene rings is 1. The number of carbonyl (C=O) groups excluding carboxylic acids is 1. The molecule has 1 heterocycles. The van der Waals surface area contributed by atoms with Gasteiger partial charge in [0.05, 0.1) is 5.54 Å². The molecule has 0 saturated carbocycles. The van der Waals surface area contributed by atoms with Crippen LogP contribution in [0.5, 0.6) is 0 Å². The van der Waals surface area contributed by atoms with E-state index in [0.29, 0.717) is 0 Å². The van der Waals surface area contributed by atoms with E-state index in [4.69, 9.17) is 0 Å². The molecule has 0 unspecified atom stereocenters. The molecule has 0 aliphatic carbocycles. The molecule has 3 heteroatoms. The van der Waals surface area contributed by atoms with E-state index in [0.717, 1.165) is 23.5 Å². The van der Waals surface area contributed by atoms with Crippen molar-refractivity contribution in [1.82, 2.24) is 4.90 Å². The molecule has 16 heavy (non-hydrogen) atoms. The Kier molecular flexibility index (Phi) is 4.28. The first kappa shape index (κ1) is 13.4. The van der Waals surface area contributed by atoms with Crippen LogP contribution in [0.25, 0.3) is 0 Å². The third-order valence-electron chi connectivity index (χ3n) is 3.21. The number of rotatable bonds is 5. The minimum atomic E-state index is -0.407. The van der Waals surface area contributed by atoms with Gasteiger partial charge in [0.15, 0.2) is 5.78 Å². The van der Waals surface area contributed by atoms with Gasteiger partial charge in [-0.3, -0.25) is 9.69 Å². The van der Waals surface area contributed by atoms with Gasteiger partial charge in [0.1, 0.15) is 0 Å². The Balaban J connectivity index is 3.00. The van der Waals surface area contributed by atoms with Gasteiger partial charge < -0.3 is 0 Å². The summed E-state index contributed by atoms with van der Waals surface area (Å²) in [4.78, 5) is 15.8. The first-order valence-corrected chi connectivity index (χ1v) is 6.67. The highest BCUT2D eigenvalue weighted by Gasteiger charge is 2.34. The molecule has 0 amide bonds. The average Bonchev–Trinajstić information content (AvgIpc) is 2.64. The van der Waals surface area contributed by atoms with Gasteiger partial charge in [-0.25, -0.2) is 0 Å². The van der Waals surface area contributed by atoms with Gasteiger partial charge in [0.25, 0.3) is 0 Å². The molecule has 0 aromatic carbocycles. The van der Waals surface area contributed by atoms with Gasteiger partial charge in [-0.15, -0.1) is 11.3 Å². The van der Waals surface area contributed by atoms with E-state index in [9.17, 15) is 4.79 Å². The van der Waals surface area contributed by atoms with Gasteiger partial charge in [0, 0.05) is 10.4 Å². The Labute approximate surface area is 102 Å². The molecule has 0 fully saturated rings. The number of hydrogen-bond acceptors (Lipinski definition) is 3. The highest BCUT2D eigenvalue weighted by atomic mass is 32.1. The lowest BCUT2D eigenvalue weighted by molar-refractivity contribution is 0.0668. The number of likely N-dealkylation sites (N-methyl/N-ethyl adjacent to an activating group) is 1. The van der Waals surface area contributed by atoms with E-state index in [1.807, 2.05) is 32.2 Å². The SMILES string of the molecule is CCN(CC)C(C)(C)C(=O)c1ccsc1C. The van der Waals surface area contributed by atoms with Crippen molar-refractivity contribution in [2.75, 3.05) is 13.1 Å². The van der Waals surface area contributed by atoms with Crippen molar-refractivity contribution in [1.29, 1.82) is 0 Å². The van der Waals surface area contributed by atoms with Crippen molar-refractivity contribution < 1.29 is 4.79 Å². The summed E-state index contributed by atoms with van der Waals surface area (Å²) in [6.07, 6.45) is 0. The first-order chi connectivity index (χ1) is 7.45. The molecule has 1 aromatic heterocycles. The van der Waals surface area contributed by atoms with Crippen molar-refractivity contribution in [2.45, 2.75) is 40.2 Å². The Morgan fingerprint density at radius 1 is 1.38 bits per heavy atom. The fraction of sp³-hybridized carbons (Fsp3) is 0.615. The van der Waals surface area contributed by atoms with E-state index < -0.39 is 5.54 Å². The summed E-state index contributed by atoms with van der Waals surface area (Å²) in [6, 6.07) is 1.94. The summed E-state index contributed by atoms with van der Waals surface area (Å²) in [5.41, 5.74) is 0.469. The van der Waals surface area contributed by atoms with Crippen molar-refractivity contribution in [3.05, 3.63) is 21.9 Å². The molecule has 0 aliphatic rings. The van der Waals surface area contributed by atoms with Crippen molar-refractivity contribution in [3.8, 4) is 0 Å². The third-order valence-corrected chi connectivity index (χ3v) is 4.06. The van der Waals surface area contributed by atoms with Crippen LogP contribution in [-0.4, -0.2) is 29.3 Å². The number of aryl methyl sites for hydroxylation is 1. The molecular weight excluding hydrogens is 218 g/mol. The van der Waals surface area contributed by atoms with E-state index in [2.05, 4.69) is 18.7 Å². The van der Waals surface area contributed by atoms with Crippen LogP contribution in [0, 0.1) is 6.92 Å². The van der Waals surface area contributed by atoms with E-state index >= 15 is 0 Å². The lowest BCUT2D eigenvalue weighted by Crippen LogP contribution is -2.49. The van der Waals surface area contributed by atoms with Gasteiger partial charge in [-0.05, 0) is 45.3 Å². The van der Waals surface area contributed by atoms with Crippen LogP contribution in [0.4, 0.5) is 0 Å². The highest BCUT2D eigenvalue weighted by molar-refractivity contribution is 7.10. The minimum absolute atomic E-state index is 0.231. The van der Waals surface area contributed by atoms with Crippen LogP contribution in [0.3, 0.4) is 0 Å². The molecule has 0 radical (unpaired) electrons. The summed E-state index contributed by atoms with van der Waals surface area (Å²) < 4.78 is 0. The fourth-order valence-electron chi connectivity index (χ4n) is 2.11. The van der Waals surface area contributed by atoms with Crippen LogP contribution in [0.1, 0.15) is 42.9 Å². The molecule has 0 N–H and O–H groups in total. The summed E-state index contributed by atoms with van der Waals surface area (Å²) in [5, 5.41) is 1.99. The molecule has 0 atom stereocenters. The second-order valence-electron chi connectivity index (χ2n) is 4.45. The molecule has 0 aliphatic heterocycles. The molecule has 1 rings (SSSR count). The van der Waals surface area contributed by atoms with Crippen LogP contribution in [0.15, 0.2) is 11.4 Å². The molecule has 0 bridgehead atoms. The Hall–Kier alpha value is -0.670. The smallest absolute Gasteiger partial charge is 0.183 e. The summed E-state index contributed by atoms with van der Waals surface area (Å²) in [7, 11) is 0. The lowest BCUT2D eigenvalue weighted by Gasteiger charge is -2.35. The number of carbonyl (C=O) groups is 1. The maximum Gasteiger partial charge on any atom is 0.183 e. The topological polar surface area (TPSA) is 20.3 Å². The molecule has 0 saturated heterocycles. The standard InChI is InChI=1S/C13H21NOS/c1-6-14(7-2)13(4,5)12(15)11-8-9-16-10(11)3/h8-9H,6-7H2,1-5H3. The molecule has 2 nitrogen and oxygen atoms in total. The Morgan fingerprint density at radius 3 is 2.31 bits per heavy atom. The predicted molar refractivity (Wildman–Crippen MR) is 70.4 cm³/mol. The quantitative estimate of drug-likeness (QED) is 0.734. The monoisotopic (exact) mass is 239 g/mol.